The lowest BCUT2D eigenvalue weighted by atomic mass is 10.1. The highest BCUT2D eigenvalue weighted by Gasteiger charge is 2.38. The molecule has 3 heterocycles. The van der Waals surface area contributed by atoms with Crippen LogP contribution in [0.2, 0.25) is 0 Å². The van der Waals surface area contributed by atoms with Gasteiger partial charge in [-0.3, -0.25) is 14.5 Å². The molecule has 1 aromatic heterocycles. The van der Waals surface area contributed by atoms with E-state index in [1.807, 2.05) is 30.1 Å². The largest absolute Gasteiger partial charge is 0.490 e. The molecule has 5 rings (SSSR count). The molecule has 1 saturated carbocycles. The Morgan fingerprint density at radius 2 is 2.14 bits per heavy atom. The van der Waals surface area contributed by atoms with Crippen molar-refractivity contribution in [1.82, 2.24) is 24.6 Å². The third-order valence-electron chi connectivity index (χ3n) is 5.84. The summed E-state index contributed by atoms with van der Waals surface area (Å²) < 4.78 is 7.78. The summed E-state index contributed by atoms with van der Waals surface area (Å²) in [5, 5.41) is 7.08. The third-order valence-corrected chi connectivity index (χ3v) is 5.84. The van der Waals surface area contributed by atoms with Crippen molar-refractivity contribution in [3.8, 4) is 17.1 Å². The van der Waals surface area contributed by atoms with E-state index in [2.05, 4.69) is 20.3 Å². The molecule has 0 unspecified atom stereocenters. The van der Waals surface area contributed by atoms with Crippen LogP contribution in [0, 0.1) is 5.92 Å². The number of carbonyl (C=O) groups excluding carboxylic acids is 2. The van der Waals surface area contributed by atoms with Crippen LogP contribution in [-0.2, 0) is 16.6 Å². The Hall–Kier alpha value is -2.94. The standard InChI is InChI=1S/C20H24N6O3/c1-24-19(21-12-22-24)14-4-5-17-16(8-14)23-18(27)10-25-6-7-26(9-15(25)11-29-17)20(28)13-2-3-13/h4-5,8,12-13,15H,2-3,6-7,9-11H2,1H3,(H,23,27)/t15-/m1/s1. The molecule has 29 heavy (non-hydrogen) atoms. The average molecular weight is 396 g/mol. The van der Waals surface area contributed by atoms with Crippen LogP contribution in [0.25, 0.3) is 11.4 Å². The normalized spacial score (nSPS) is 22.4. The molecular formula is C20H24N6O3. The summed E-state index contributed by atoms with van der Waals surface area (Å²) in [5.41, 5.74) is 1.48. The van der Waals surface area contributed by atoms with E-state index in [0.29, 0.717) is 43.5 Å². The molecule has 2 aliphatic heterocycles. The number of aromatic nitrogens is 3. The third kappa shape index (κ3) is 3.57. The molecular weight excluding hydrogens is 372 g/mol. The number of carbonyl (C=O) groups is 2. The number of benzene rings is 1. The van der Waals surface area contributed by atoms with Gasteiger partial charge in [-0.25, -0.2) is 9.67 Å². The lowest BCUT2D eigenvalue weighted by Gasteiger charge is -2.40. The minimum atomic E-state index is -0.0844. The number of amides is 2. The van der Waals surface area contributed by atoms with Gasteiger partial charge in [0.1, 0.15) is 18.7 Å². The summed E-state index contributed by atoms with van der Waals surface area (Å²) in [4.78, 5) is 33.5. The summed E-state index contributed by atoms with van der Waals surface area (Å²) in [6.45, 7) is 2.67. The van der Waals surface area contributed by atoms with E-state index < -0.39 is 0 Å². The van der Waals surface area contributed by atoms with Gasteiger partial charge in [0.25, 0.3) is 0 Å². The van der Waals surface area contributed by atoms with Crippen molar-refractivity contribution in [1.29, 1.82) is 0 Å². The molecule has 9 heteroatoms. The Bertz CT molecular complexity index is 953. The van der Waals surface area contributed by atoms with E-state index in [0.717, 1.165) is 18.4 Å². The lowest BCUT2D eigenvalue weighted by Crippen LogP contribution is -2.58. The van der Waals surface area contributed by atoms with E-state index in [1.165, 1.54) is 6.33 Å². The van der Waals surface area contributed by atoms with Crippen molar-refractivity contribution in [2.45, 2.75) is 18.9 Å². The molecule has 2 fully saturated rings. The zero-order valence-corrected chi connectivity index (χ0v) is 16.4. The fraction of sp³-hybridized carbons (Fsp3) is 0.500. The van der Waals surface area contributed by atoms with E-state index in [1.54, 1.807) is 4.68 Å². The van der Waals surface area contributed by atoms with Crippen molar-refractivity contribution in [3.05, 3.63) is 24.5 Å². The SMILES string of the molecule is Cn1ncnc1-c1ccc2c(c1)NC(=O)CN1CCN(C(=O)C3CC3)C[C@@H]1CO2. The van der Waals surface area contributed by atoms with Gasteiger partial charge in [0.05, 0.1) is 18.3 Å². The van der Waals surface area contributed by atoms with Gasteiger partial charge in [0, 0.05) is 38.2 Å². The van der Waals surface area contributed by atoms with Gasteiger partial charge in [-0.05, 0) is 31.0 Å². The van der Waals surface area contributed by atoms with E-state index in [9.17, 15) is 9.59 Å². The van der Waals surface area contributed by atoms with Crippen molar-refractivity contribution in [2.24, 2.45) is 13.0 Å². The zero-order chi connectivity index (χ0) is 20.0. The summed E-state index contributed by atoms with van der Waals surface area (Å²) in [6.07, 6.45) is 3.51. The van der Waals surface area contributed by atoms with Crippen LogP contribution in [-0.4, -0.2) is 75.2 Å². The minimum Gasteiger partial charge on any atom is -0.490 e. The molecule has 9 nitrogen and oxygen atoms in total. The maximum atomic E-state index is 12.7. The number of ether oxygens (including phenoxy) is 1. The molecule has 0 spiro atoms. The number of nitrogens with zero attached hydrogens (tertiary/aromatic N) is 5. The Labute approximate surface area is 168 Å². The molecule has 0 radical (unpaired) electrons. The fourth-order valence-corrected chi connectivity index (χ4v) is 4.06. The highest BCUT2D eigenvalue weighted by Crippen LogP contribution is 2.33. The predicted octanol–water partition coefficient (Wildman–Crippen LogP) is 0.736. The molecule has 1 N–H and O–H groups in total. The van der Waals surface area contributed by atoms with Crippen LogP contribution >= 0.6 is 0 Å². The molecule has 2 amide bonds. The number of hydrogen-bond acceptors (Lipinski definition) is 6. The summed E-state index contributed by atoms with van der Waals surface area (Å²) in [5.74, 6) is 1.72. The summed E-state index contributed by atoms with van der Waals surface area (Å²) >= 11 is 0. The summed E-state index contributed by atoms with van der Waals surface area (Å²) in [6, 6.07) is 5.63. The monoisotopic (exact) mass is 396 g/mol. The van der Waals surface area contributed by atoms with Crippen LogP contribution in [0.1, 0.15) is 12.8 Å². The maximum Gasteiger partial charge on any atom is 0.238 e. The second-order valence-electron chi connectivity index (χ2n) is 7.96. The second-order valence-corrected chi connectivity index (χ2v) is 7.96. The Morgan fingerprint density at radius 1 is 1.28 bits per heavy atom. The Kier molecular flexibility index (Phi) is 4.46. The van der Waals surface area contributed by atoms with E-state index >= 15 is 0 Å². The number of nitrogens with one attached hydrogen (secondary N) is 1. The Morgan fingerprint density at radius 3 is 2.90 bits per heavy atom. The van der Waals surface area contributed by atoms with Crippen LogP contribution in [0.4, 0.5) is 5.69 Å². The average Bonchev–Trinajstić information content (AvgIpc) is 3.46. The van der Waals surface area contributed by atoms with Crippen molar-refractivity contribution < 1.29 is 14.3 Å². The van der Waals surface area contributed by atoms with Crippen LogP contribution in [0.5, 0.6) is 5.75 Å². The van der Waals surface area contributed by atoms with Crippen LogP contribution in [0.15, 0.2) is 24.5 Å². The van der Waals surface area contributed by atoms with Crippen molar-refractivity contribution >= 4 is 17.5 Å². The smallest absolute Gasteiger partial charge is 0.238 e. The van der Waals surface area contributed by atoms with Crippen LogP contribution in [0.3, 0.4) is 0 Å². The lowest BCUT2D eigenvalue weighted by molar-refractivity contribution is -0.136. The first-order chi connectivity index (χ1) is 14.1. The number of fused-ring (bicyclic) bond motifs is 2. The number of hydrogen-bond donors (Lipinski definition) is 1. The highest BCUT2D eigenvalue weighted by atomic mass is 16.5. The van der Waals surface area contributed by atoms with Gasteiger partial charge in [-0.1, -0.05) is 0 Å². The first-order valence-electron chi connectivity index (χ1n) is 10.0. The Balaban J connectivity index is 1.38. The molecule has 3 aliphatic rings. The predicted molar refractivity (Wildman–Crippen MR) is 105 cm³/mol. The van der Waals surface area contributed by atoms with E-state index in [4.69, 9.17) is 4.74 Å². The quantitative estimate of drug-likeness (QED) is 0.805. The molecule has 0 bridgehead atoms. The van der Waals surface area contributed by atoms with Crippen molar-refractivity contribution in [2.75, 3.05) is 38.1 Å². The van der Waals surface area contributed by atoms with E-state index in [-0.39, 0.29) is 30.3 Å². The zero-order valence-electron chi connectivity index (χ0n) is 16.4. The van der Waals surface area contributed by atoms with Gasteiger partial charge in [-0.2, -0.15) is 5.10 Å². The first kappa shape index (κ1) is 18.1. The summed E-state index contributed by atoms with van der Waals surface area (Å²) in [7, 11) is 1.83. The molecule has 1 aromatic carbocycles. The van der Waals surface area contributed by atoms with Crippen molar-refractivity contribution in [3.63, 3.8) is 0 Å². The number of anilines is 1. The maximum absolute atomic E-state index is 12.7. The van der Waals surface area contributed by atoms with Crippen LogP contribution < -0.4 is 10.1 Å². The molecule has 1 saturated heterocycles. The molecule has 152 valence electrons. The van der Waals surface area contributed by atoms with Gasteiger partial charge in [-0.15, -0.1) is 0 Å². The molecule has 2 aromatic rings. The topological polar surface area (TPSA) is 92.6 Å². The van der Waals surface area contributed by atoms with Gasteiger partial charge in [0.15, 0.2) is 5.82 Å². The number of aryl methyl sites for hydroxylation is 1. The van der Waals surface area contributed by atoms with Gasteiger partial charge < -0.3 is 15.0 Å². The highest BCUT2D eigenvalue weighted by molar-refractivity contribution is 5.94. The van der Waals surface area contributed by atoms with Gasteiger partial charge >= 0.3 is 0 Å². The minimum absolute atomic E-state index is 0.00145. The number of rotatable bonds is 2. The second kappa shape index (κ2) is 7.14. The van der Waals surface area contributed by atoms with Gasteiger partial charge in [0.2, 0.25) is 11.8 Å². The molecule has 1 aliphatic carbocycles. The number of piperazine rings is 1. The fourth-order valence-electron chi connectivity index (χ4n) is 4.06. The first-order valence-corrected chi connectivity index (χ1v) is 10.0. The molecule has 1 atom stereocenters.